The summed E-state index contributed by atoms with van der Waals surface area (Å²) in [6.07, 6.45) is 2.53. The van der Waals surface area contributed by atoms with Gasteiger partial charge in [-0.05, 0) is 65.5 Å². The Bertz CT molecular complexity index is 1570. The normalized spacial score (nSPS) is 15.3. The highest BCUT2D eigenvalue weighted by Crippen LogP contribution is 2.41. The Labute approximate surface area is 251 Å². The fourth-order valence-electron chi connectivity index (χ4n) is 5.05. The van der Waals surface area contributed by atoms with Crippen LogP contribution in [0.2, 0.25) is 0 Å². The van der Waals surface area contributed by atoms with Crippen molar-refractivity contribution in [1.29, 1.82) is 0 Å². The van der Waals surface area contributed by atoms with Crippen LogP contribution in [0, 0.1) is 0 Å². The van der Waals surface area contributed by atoms with Crippen LogP contribution in [0.15, 0.2) is 65.0 Å². The van der Waals surface area contributed by atoms with Gasteiger partial charge in [0.1, 0.15) is 5.75 Å². The third-order valence-corrected chi connectivity index (χ3v) is 10.9. The quantitative estimate of drug-likeness (QED) is 0.202. The highest BCUT2D eigenvalue weighted by atomic mass is 32.2. The van der Waals surface area contributed by atoms with Crippen LogP contribution in [-0.2, 0) is 22.0 Å². The first-order valence-corrected chi connectivity index (χ1v) is 16.0. The molecule has 0 bridgehead atoms. The van der Waals surface area contributed by atoms with Crippen molar-refractivity contribution < 1.29 is 14.3 Å². The Morgan fingerprint density at radius 3 is 2.51 bits per heavy atom. The van der Waals surface area contributed by atoms with E-state index in [2.05, 4.69) is 59.0 Å². The number of ketones is 1. The molecule has 5 nitrogen and oxygen atoms in total. The van der Waals surface area contributed by atoms with E-state index in [9.17, 15) is 9.59 Å². The van der Waals surface area contributed by atoms with E-state index >= 15 is 0 Å². The molecule has 1 unspecified atom stereocenters. The van der Waals surface area contributed by atoms with Gasteiger partial charge >= 0.3 is 0 Å². The summed E-state index contributed by atoms with van der Waals surface area (Å²) < 4.78 is 8.14. The van der Waals surface area contributed by atoms with Gasteiger partial charge in [0.2, 0.25) is 0 Å². The molecular weight excluding hydrogens is 549 g/mol. The molecule has 0 aliphatic heterocycles. The molecule has 0 spiro atoms. The first kappa shape index (κ1) is 29.3. The third-order valence-electron chi connectivity index (χ3n) is 8.53. The molecule has 1 atom stereocenters. The number of nitrogens with one attached hydrogen (secondary N) is 1. The van der Waals surface area contributed by atoms with E-state index in [0.717, 1.165) is 44.3 Å². The summed E-state index contributed by atoms with van der Waals surface area (Å²) in [5.74, 6) is 0.577. The van der Waals surface area contributed by atoms with Crippen molar-refractivity contribution in [3.8, 4) is 5.75 Å². The van der Waals surface area contributed by atoms with Crippen LogP contribution in [0.1, 0.15) is 81.4 Å². The average Bonchev–Trinajstić information content (AvgIpc) is 3.52. The predicted octanol–water partition coefficient (Wildman–Crippen LogP) is 8.59. The van der Waals surface area contributed by atoms with Gasteiger partial charge in [0.15, 0.2) is 16.7 Å². The monoisotopic (exact) mass is 586 g/mol. The molecule has 7 heteroatoms. The number of para-hydroxylation sites is 1. The first-order valence-electron chi connectivity index (χ1n) is 14.3. The lowest BCUT2D eigenvalue weighted by atomic mass is 9.76. The molecular formula is C34H38N2O3S2. The van der Waals surface area contributed by atoms with E-state index in [1.54, 1.807) is 11.3 Å². The van der Waals surface area contributed by atoms with E-state index in [4.69, 9.17) is 9.72 Å². The molecule has 1 amide bonds. The maximum absolute atomic E-state index is 13.3. The van der Waals surface area contributed by atoms with Gasteiger partial charge in [-0.1, -0.05) is 89.7 Å². The number of benzene rings is 3. The molecule has 4 aromatic rings. The van der Waals surface area contributed by atoms with Crippen LogP contribution in [0.3, 0.4) is 0 Å². The molecule has 1 heterocycles. The number of Topliss-reactive ketones (excluding diaryl/α,β-unsaturated/α-hetero) is 1. The van der Waals surface area contributed by atoms with Crippen molar-refractivity contribution in [3.05, 3.63) is 82.9 Å². The van der Waals surface area contributed by atoms with E-state index in [0.29, 0.717) is 17.7 Å². The van der Waals surface area contributed by atoms with Crippen LogP contribution < -0.4 is 10.1 Å². The van der Waals surface area contributed by atoms with Crippen molar-refractivity contribution in [2.24, 2.45) is 0 Å². The largest absolute Gasteiger partial charge is 0.483 e. The highest BCUT2D eigenvalue weighted by Gasteiger charge is 2.34. The van der Waals surface area contributed by atoms with Crippen molar-refractivity contribution in [2.75, 3.05) is 11.9 Å². The topological polar surface area (TPSA) is 68.3 Å². The number of anilines is 1. The molecule has 1 aliphatic carbocycles. The van der Waals surface area contributed by atoms with E-state index in [1.165, 1.54) is 17.3 Å². The molecule has 0 radical (unpaired) electrons. The fraction of sp³-hybridized carbons (Fsp3) is 0.382. The van der Waals surface area contributed by atoms with Gasteiger partial charge < -0.3 is 10.1 Å². The van der Waals surface area contributed by atoms with Gasteiger partial charge in [-0.3, -0.25) is 9.59 Å². The maximum Gasteiger partial charge on any atom is 0.262 e. The Hall–Kier alpha value is -3.16. The second-order valence-corrected chi connectivity index (χ2v) is 14.5. The van der Waals surface area contributed by atoms with Crippen LogP contribution in [0.5, 0.6) is 5.75 Å². The number of aromatic nitrogens is 1. The minimum atomic E-state index is -0.260. The summed E-state index contributed by atoms with van der Waals surface area (Å²) in [4.78, 5) is 31.1. The van der Waals surface area contributed by atoms with Gasteiger partial charge in [0, 0.05) is 16.8 Å². The second kappa shape index (κ2) is 11.6. The number of carbonyl (C=O) groups excluding carboxylic acids is 2. The number of amides is 1. The zero-order valence-corrected chi connectivity index (χ0v) is 26.3. The minimum absolute atomic E-state index is 0.0583. The molecule has 0 saturated carbocycles. The summed E-state index contributed by atoms with van der Waals surface area (Å²) in [5, 5.41) is 2.76. The van der Waals surface area contributed by atoms with Crippen molar-refractivity contribution in [1.82, 2.24) is 4.98 Å². The lowest BCUT2D eigenvalue weighted by Crippen LogP contribution is -2.24. The molecule has 5 rings (SSSR count). The highest BCUT2D eigenvalue weighted by molar-refractivity contribution is 8.02. The van der Waals surface area contributed by atoms with Crippen molar-refractivity contribution in [2.45, 2.75) is 81.2 Å². The fourth-order valence-corrected chi connectivity index (χ4v) is 7.44. The number of ether oxygens (including phenoxy) is 1. The number of thioether (sulfide) groups is 1. The first-order chi connectivity index (χ1) is 19.5. The predicted molar refractivity (Wildman–Crippen MR) is 171 cm³/mol. The van der Waals surface area contributed by atoms with Crippen LogP contribution in [-0.4, -0.2) is 28.5 Å². The minimum Gasteiger partial charge on any atom is -0.483 e. The Morgan fingerprint density at radius 2 is 1.78 bits per heavy atom. The molecule has 0 saturated heterocycles. The molecule has 41 heavy (non-hydrogen) atoms. The van der Waals surface area contributed by atoms with Gasteiger partial charge in [0.25, 0.3) is 5.91 Å². The Morgan fingerprint density at radius 1 is 1.02 bits per heavy atom. The van der Waals surface area contributed by atoms with Gasteiger partial charge in [-0.15, -0.1) is 11.3 Å². The van der Waals surface area contributed by atoms with Crippen molar-refractivity contribution >= 4 is 50.7 Å². The molecule has 1 aromatic heterocycles. The average molecular weight is 587 g/mol. The van der Waals surface area contributed by atoms with Crippen molar-refractivity contribution in [3.63, 3.8) is 0 Å². The number of rotatable bonds is 10. The smallest absolute Gasteiger partial charge is 0.262 e. The molecule has 214 valence electrons. The van der Waals surface area contributed by atoms with Gasteiger partial charge in [0.05, 0.1) is 15.5 Å². The molecule has 1 aliphatic rings. The Kier molecular flexibility index (Phi) is 8.31. The van der Waals surface area contributed by atoms with E-state index in [1.807, 2.05) is 48.5 Å². The van der Waals surface area contributed by atoms with Gasteiger partial charge in [-0.25, -0.2) is 4.98 Å². The number of thiazole rings is 1. The number of fused-ring (bicyclic) bond motifs is 2. The number of carbonyl (C=O) groups is 2. The SMILES string of the molecule is CCC(C)(C)c1ccc(OCC(=O)Nc2cccc3c2CC(Sc2nc4ccccc4s2)C3=O)c(C(C)(C)CC)c1. The van der Waals surface area contributed by atoms with Gasteiger partial charge in [-0.2, -0.15) is 0 Å². The lowest BCUT2D eigenvalue weighted by molar-refractivity contribution is -0.118. The number of hydrogen-bond acceptors (Lipinski definition) is 6. The standard InChI is InChI=1S/C34H38N2O3S2/c1-7-33(3,4)21-16-17-27(24(18-21)34(5,6)8-2)39-20-30(37)35-25-14-11-12-22-23(25)19-29(31(22)38)41-32-36-26-13-9-10-15-28(26)40-32/h9-18,29H,7-8,19-20H2,1-6H3,(H,35,37). The lowest BCUT2D eigenvalue weighted by Gasteiger charge is -2.30. The molecule has 1 N–H and O–H groups in total. The number of nitrogens with zero attached hydrogens (tertiary/aromatic N) is 1. The van der Waals surface area contributed by atoms with E-state index in [-0.39, 0.29) is 34.4 Å². The summed E-state index contributed by atoms with van der Waals surface area (Å²) in [5.41, 5.74) is 5.53. The molecule has 3 aromatic carbocycles. The molecule has 0 fully saturated rings. The summed E-state index contributed by atoms with van der Waals surface area (Å²) in [6.45, 7) is 13.2. The Balaban J connectivity index is 1.29. The van der Waals surface area contributed by atoms with Crippen LogP contribution >= 0.6 is 23.1 Å². The summed E-state index contributed by atoms with van der Waals surface area (Å²) in [7, 11) is 0. The summed E-state index contributed by atoms with van der Waals surface area (Å²) in [6, 6.07) is 19.9. The zero-order chi connectivity index (χ0) is 29.4. The van der Waals surface area contributed by atoms with Crippen LogP contribution in [0.4, 0.5) is 5.69 Å². The maximum atomic E-state index is 13.3. The van der Waals surface area contributed by atoms with E-state index < -0.39 is 0 Å². The number of hydrogen-bond donors (Lipinski definition) is 1. The second-order valence-electron chi connectivity index (χ2n) is 12.0. The zero-order valence-electron chi connectivity index (χ0n) is 24.7. The summed E-state index contributed by atoms with van der Waals surface area (Å²) >= 11 is 3.11. The van der Waals surface area contributed by atoms with Crippen LogP contribution in [0.25, 0.3) is 10.2 Å². The third kappa shape index (κ3) is 6.07.